The number of nitrogens with zero attached hydrogens (tertiary/aromatic N) is 2. The van der Waals surface area contributed by atoms with Crippen LogP contribution in [0, 0.1) is 11.7 Å². The van der Waals surface area contributed by atoms with Crippen LogP contribution in [0.15, 0.2) is 12.1 Å². The minimum Gasteiger partial charge on any atom is -0.493 e. The summed E-state index contributed by atoms with van der Waals surface area (Å²) in [5.41, 5.74) is 6.06. The quantitative estimate of drug-likeness (QED) is 0.783. The molecule has 26 heavy (non-hydrogen) atoms. The van der Waals surface area contributed by atoms with Gasteiger partial charge in [-0.3, -0.25) is 5.10 Å². The summed E-state index contributed by atoms with van der Waals surface area (Å²) in [5.74, 6) is 0.213. The van der Waals surface area contributed by atoms with Gasteiger partial charge in [0.05, 0.1) is 23.9 Å². The second-order valence-corrected chi connectivity index (χ2v) is 6.90. The van der Waals surface area contributed by atoms with Crippen molar-refractivity contribution in [1.29, 1.82) is 0 Å². The van der Waals surface area contributed by atoms with Crippen LogP contribution in [-0.2, 0) is 0 Å². The highest BCUT2D eigenvalue weighted by Gasteiger charge is 2.33. The van der Waals surface area contributed by atoms with Gasteiger partial charge in [0.15, 0.2) is 5.82 Å². The highest BCUT2D eigenvalue weighted by atomic mass is 19.4. The third-order valence-corrected chi connectivity index (χ3v) is 4.90. The fourth-order valence-corrected chi connectivity index (χ4v) is 3.43. The number of ether oxygens (including phenoxy) is 1. The summed E-state index contributed by atoms with van der Waals surface area (Å²) in [6, 6.07) is 2.40. The van der Waals surface area contributed by atoms with Gasteiger partial charge in [-0.1, -0.05) is 0 Å². The van der Waals surface area contributed by atoms with Crippen molar-refractivity contribution in [2.45, 2.75) is 38.4 Å². The minimum absolute atomic E-state index is 0.101. The van der Waals surface area contributed by atoms with Gasteiger partial charge in [-0.2, -0.15) is 18.3 Å². The van der Waals surface area contributed by atoms with E-state index in [-0.39, 0.29) is 17.1 Å². The van der Waals surface area contributed by atoms with Gasteiger partial charge in [-0.25, -0.2) is 4.39 Å². The number of rotatable bonds is 5. The van der Waals surface area contributed by atoms with Crippen molar-refractivity contribution in [2.24, 2.45) is 5.92 Å². The number of anilines is 1. The Morgan fingerprint density at radius 3 is 2.69 bits per heavy atom. The van der Waals surface area contributed by atoms with E-state index >= 15 is 0 Å². The molecule has 1 aliphatic heterocycles. The Kier molecular flexibility index (Phi) is 5.27. The maximum absolute atomic E-state index is 14.1. The van der Waals surface area contributed by atoms with Crippen LogP contribution in [0.2, 0.25) is 0 Å². The minimum atomic E-state index is -4.14. The molecule has 0 spiro atoms. The molecule has 1 atom stereocenters. The molecule has 0 radical (unpaired) electrons. The van der Waals surface area contributed by atoms with Crippen LogP contribution in [0.1, 0.15) is 26.2 Å². The average Bonchev–Trinajstić information content (AvgIpc) is 2.93. The molecular formula is C17H22F4N4O. The predicted molar refractivity (Wildman–Crippen MR) is 90.4 cm³/mol. The van der Waals surface area contributed by atoms with Crippen molar-refractivity contribution >= 4 is 16.7 Å². The van der Waals surface area contributed by atoms with Gasteiger partial charge in [-0.15, -0.1) is 0 Å². The maximum atomic E-state index is 14.1. The standard InChI is InChI=1S/C17H22F4N4O/c1-10(8-17(19,20)21)25-4-2-11(3-5-25)9-26-12-6-13(18)15-14(7-12)23-24-16(15)22/h6-7,10-11H,2-5,8-9H2,1H3,(H3,22,23,24). The zero-order valence-corrected chi connectivity index (χ0v) is 14.4. The molecule has 0 amide bonds. The number of likely N-dealkylation sites (tertiary alicyclic amines) is 1. The first kappa shape index (κ1) is 18.8. The molecule has 3 rings (SSSR count). The van der Waals surface area contributed by atoms with Crippen LogP contribution < -0.4 is 10.5 Å². The summed E-state index contributed by atoms with van der Waals surface area (Å²) in [4.78, 5) is 1.86. The van der Waals surface area contributed by atoms with E-state index in [1.54, 1.807) is 13.0 Å². The molecule has 1 aromatic carbocycles. The molecule has 5 nitrogen and oxygen atoms in total. The monoisotopic (exact) mass is 374 g/mol. The number of H-pyrrole nitrogens is 1. The number of nitrogens with one attached hydrogen (secondary N) is 1. The molecule has 0 bridgehead atoms. The zero-order valence-electron chi connectivity index (χ0n) is 14.4. The molecule has 0 aliphatic carbocycles. The Morgan fingerprint density at radius 1 is 1.35 bits per heavy atom. The van der Waals surface area contributed by atoms with E-state index in [2.05, 4.69) is 10.2 Å². The highest BCUT2D eigenvalue weighted by Crippen LogP contribution is 2.29. The largest absolute Gasteiger partial charge is 0.493 e. The fraction of sp³-hybridized carbons (Fsp3) is 0.588. The first-order valence-electron chi connectivity index (χ1n) is 8.59. The third-order valence-electron chi connectivity index (χ3n) is 4.90. The van der Waals surface area contributed by atoms with Crippen molar-refractivity contribution in [3.05, 3.63) is 17.9 Å². The number of alkyl halides is 3. The smallest absolute Gasteiger partial charge is 0.390 e. The van der Waals surface area contributed by atoms with Crippen LogP contribution in [0.4, 0.5) is 23.4 Å². The predicted octanol–water partition coefficient (Wildman–Crippen LogP) is 3.72. The second kappa shape index (κ2) is 7.30. The number of fused-ring (bicyclic) bond motifs is 1. The van der Waals surface area contributed by atoms with Gasteiger partial charge in [0.2, 0.25) is 0 Å². The van der Waals surface area contributed by atoms with Gasteiger partial charge in [0, 0.05) is 18.2 Å². The summed E-state index contributed by atoms with van der Waals surface area (Å²) in [7, 11) is 0. The molecule has 2 aromatic rings. The molecule has 1 saturated heterocycles. The summed E-state index contributed by atoms with van der Waals surface area (Å²) in [5, 5.41) is 6.66. The average molecular weight is 374 g/mol. The third kappa shape index (κ3) is 4.38. The Balaban J connectivity index is 1.51. The van der Waals surface area contributed by atoms with Gasteiger partial charge in [0.1, 0.15) is 11.6 Å². The van der Waals surface area contributed by atoms with Gasteiger partial charge in [-0.05, 0) is 38.8 Å². The van der Waals surface area contributed by atoms with Crippen molar-refractivity contribution in [2.75, 3.05) is 25.4 Å². The summed E-state index contributed by atoms with van der Waals surface area (Å²) in [6.07, 6.45) is -3.42. The lowest BCUT2D eigenvalue weighted by atomic mass is 9.96. The van der Waals surface area contributed by atoms with Crippen molar-refractivity contribution < 1.29 is 22.3 Å². The second-order valence-electron chi connectivity index (χ2n) is 6.90. The van der Waals surface area contributed by atoms with E-state index < -0.39 is 24.5 Å². The number of hydrogen-bond donors (Lipinski definition) is 2. The molecule has 144 valence electrons. The first-order chi connectivity index (χ1) is 12.2. The van der Waals surface area contributed by atoms with E-state index in [0.717, 1.165) is 12.8 Å². The van der Waals surface area contributed by atoms with E-state index in [1.807, 2.05) is 4.90 Å². The van der Waals surface area contributed by atoms with Crippen molar-refractivity contribution in [1.82, 2.24) is 15.1 Å². The van der Waals surface area contributed by atoms with Gasteiger partial charge < -0.3 is 15.4 Å². The Bertz CT molecular complexity index is 753. The number of nitrogen functional groups attached to an aromatic ring is 1. The molecule has 1 aliphatic rings. The number of halogens is 4. The normalized spacial score (nSPS) is 18.3. The van der Waals surface area contributed by atoms with Crippen molar-refractivity contribution in [3.8, 4) is 5.75 Å². The molecule has 0 saturated carbocycles. The van der Waals surface area contributed by atoms with E-state index in [4.69, 9.17) is 10.5 Å². The highest BCUT2D eigenvalue weighted by molar-refractivity contribution is 5.90. The Hall–Kier alpha value is -2.03. The van der Waals surface area contributed by atoms with Crippen LogP contribution in [0.5, 0.6) is 5.75 Å². The number of benzene rings is 1. The molecule has 1 aromatic heterocycles. The van der Waals surface area contributed by atoms with Crippen molar-refractivity contribution in [3.63, 3.8) is 0 Å². The number of aromatic nitrogens is 2. The molecule has 1 unspecified atom stereocenters. The van der Waals surface area contributed by atoms with Gasteiger partial charge >= 0.3 is 6.18 Å². The SMILES string of the molecule is CC(CC(F)(F)F)N1CCC(COc2cc(F)c3c(N)n[nH]c3c2)CC1. The lowest BCUT2D eigenvalue weighted by Crippen LogP contribution is -2.42. The van der Waals surface area contributed by atoms with Crippen LogP contribution >= 0.6 is 0 Å². The molecule has 9 heteroatoms. The summed E-state index contributed by atoms with van der Waals surface area (Å²) in [6.45, 7) is 3.22. The molecular weight excluding hydrogens is 352 g/mol. The number of nitrogens with two attached hydrogens (primary N) is 1. The number of hydrogen-bond acceptors (Lipinski definition) is 4. The molecule has 2 heterocycles. The van der Waals surface area contributed by atoms with E-state index in [0.29, 0.717) is 31.0 Å². The zero-order chi connectivity index (χ0) is 18.9. The van der Waals surface area contributed by atoms with E-state index in [9.17, 15) is 17.6 Å². The topological polar surface area (TPSA) is 67.2 Å². The van der Waals surface area contributed by atoms with Gasteiger partial charge in [0.25, 0.3) is 0 Å². The lowest BCUT2D eigenvalue weighted by molar-refractivity contribution is -0.147. The Labute approximate surface area is 148 Å². The first-order valence-corrected chi connectivity index (χ1v) is 8.59. The van der Waals surface area contributed by atoms with Crippen LogP contribution in [-0.4, -0.2) is 47.0 Å². The fourth-order valence-electron chi connectivity index (χ4n) is 3.43. The summed E-state index contributed by atoms with van der Waals surface area (Å²) >= 11 is 0. The van der Waals surface area contributed by atoms with E-state index in [1.165, 1.54) is 6.07 Å². The lowest BCUT2D eigenvalue weighted by Gasteiger charge is -2.36. The summed E-state index contributed by atoms with van der Waals surface area (Å²) < 4.78 is 57.3. The number of aromatic amines is 1. The number of piperidine rings is 1. The Morgan fingerprint density at radius 2 is 2.04 bits per heavy atom. The van der Waals surface area contributed by atoms with Crippen LogP contribution in [0.25, 0.3) is 10.9 Å². The maximum Gasteiger partial charge on any atom is 0.390 e. The molecule has 3 N–H and O–H groups in total. The van der Waals surface area contributed by atoms with Crippen LogP contribution in [0.3, 0.4) is 0 Å². The molecule has 1 fully saturated rings.